The van der Waals surface area contributed by atoms with Crippen LogP contribution in [0, 0.1) is 25.2 Å². The third kappa shape index (κ3) is 3.89. The molecular weight excluding hydrogens is 370 g/mol. The number of hydrogen-bond acceptors (Lipinski definition) is 2. The van der Waals surface area contributed by atoms with Crippen molar-refractivity contribution in [3.05, 3.63) is 82.6 Å². The first-order chi connectivity index (χ1) is 14.2. The molecule has 0 spiro atoms. The van der Waals surface area contributed by atoms with Crippen molar-refractivity contribution in [2.75, 3.05) is 4.90 Å². The zero-order valence-corrected chi connectivity index (χ0v) is 18.2. The Hall–Kier alpha value is -2.94. The molecule has 30 heavy (non-hydrogen) atoms. The number of aryl methyl sites for hydroxylation is 2. The third-order valence-corrected chi connectivity index (χ3v) is 6.25. The van der Waals surface area contributed by atoms with Gasteiger partial charge in [0.1, 0.15) is 0 Å². The molecule has 1 atom stereocenters. The predicted molar refractivity (Wildman–Crippen MR) is 122 cm³/mol. The van der Waals surface area contributed by atoms with Gasteiger partial charge in [-0.25, -0.2) is 0 Å². The third-order valence-electron chi connectivity index (χ3n) is 6.25. The van der Waals surface area contributed by atoms with Crippen molar-refractivity contribution in [3.8, 4) is 0 Å². The summed E-state index contributed by atoms with van der Waals surface area (Å²) in [5.41, 5.74) is 5.84. The van der Waals surface area contributed by atoms with Crippen molar-refractivity contribution < 1.29 is 9.59 Å². The van der Waals surface area contributed by atoms with E-state index in [9.17, 15) is 9.59 Å². The van der Waals surface area contributed by atoms with Crippen LogP contribution >= 0.6 is 0 Å². The number of benzene rings is 2. The molecule has 3 nitrogen and oxygen atoms in total. The Morgan fingerprint density at radius 3 is 2.40 bits per heavy atom. The Balaban J connectivity index is 1.81. The maximum absolute atomic E-state index is 13.3. The lowest BCUT2D eigenvalue weighted by atomic mass is 9.70. The molecule has 0 saturated heterocycles. The Kier molecular flexibility index (Phi) is 5.23. The minimum absolute atomic E-state index is 0.0604. The molecule has 0 aromatic heterocycles. The number of carbonyl (C=O) groups is 2. The van der Waals surface area contributed by atoms with Crippen LogP contribution in [0.25, 0.3) is 6.08 Å². The molecular formula is C27H29NO2. The van der Waals surface area contributed by atoms with E-state index in [4.69, 9.17) is 0 Å². The van der Waals surface area contributed by atoms with Gasteiger partial charge >= 0.3 is 0 Å². The normalized spacial score (nSPS) is 21.3. The van der Waals surface area contributed by atoms with Gasteiger partial charge < -0.3 is 0 Å². The minimum atomic E-state index is -0.167. The second-order valence-corrected chi connectivity index (χ2v) is 9.38. The largest absolute Gasteiger partial charge is 0.294 e. The summed E-state index contributed by atoms with van der Waals surface area (Å²) in [5, 5.41) is 0. The molecule has 2 aromatic carbocycles. The highest BCUT2D eigenvalue weighted by Gasteiger charge is 2.43. The smallest absolute Gasteiger partial charge is 0.232 e. The van der Waals surface area contributed by atoms with Gasteiger partial charge in [0.15, 0.2) is 5.78 Å². The van der Waals surface area contributed by atoms with E-state index >= 15 is 0 Å². The highest BCUT2D eigenvalue weighted by molar-refractivity contribution is 6.07. The summed E-state index contributed by atoms with van der Waals surface area (Å²) >= 11 is 0. The summed E-state index contributed by atoms with van der Waals surface area (Å²) in [5.74, 6) is 0.0645. The van der Waals surface area contributed by atoms with E-state index in [1.807, 2.05) is 53.5 Å². The summed E-state index contributed by atoms with van der Waals surface area (Å²) in [4.78, 5) is 28.4. The number of anilines is 1. The van der Waals surface area contributed by atoms with E-state index in [0.717, 1.165) is 34.5 Å². The molecule has 0 fully saturated rings. The van der Waals surface area contributed by atoms with Crippen LogP contribution in [0.5, 0.6) is 0 Å². The highest BCUT2D eigenvalue weighted by atomic mass is 16.2. The van der Waals surface area contributed by atoms with Crippen LogP contribution in [0.3, 0.4) is 0 Å². The highest BCUT2D eigenvalue weighted by Crippen LogP contribution is 2.45. The molecule has 0 radical (unpaired) electrons. The maximum Gasteiger partial charge on any atom is 0.232 e. The van der Waals surface area contributed by atoms with E-state index in [2.05, 4.69) is 39.8 Å². The first-order valence-electron chi connectivity index (χ1n) is 10.6. The zero-order chi connectivity index (χ0) is 21.5. The first kappa shape index (κ1) is 20.3. The SMILES string of the molecule is Cc1ccc(N2C(=O)CC(/C=C/c3ccccc3)C3=C2CC(C)(C)CC3=O)cc1C. The molecule has 154 valence electrons. The number of rotatable bonds is 3. The monoisotopic (exact) mass is 399 g/mol. The van der Waals surface area contributed by atoms with Crippen molar-refractivity contribution in [1.82, 2.24) is 0 Å². The Morgan fingerprint density at radius 1 is 0.967 bits per heavy atom. The fraction of sp³-hybridized carbons (Fsp3) is 0.333. The second kappa shape index (κ2) is 7.71. The van der Waals surface area contributed by atoms with E-state index in [-0.39, 0.29) is 23.0 Å². The molecule has 2 aliphatic rings. The number of amides is 1. The molecule has 1 heterocycles. The summed E-state index contributed by atoms with van der Waals surface area (Å²) in [6.07, 6.45) is 5.64. The first-order valence-corrected chi connectivity index (χ1v) is 10.6. The lowest BCUT2D eigenvalue weighted by molar-refractivity contribution is -0.121. The van der Waals surface area contributed by atoms with Gasteiger partial charge in [0.05, 0.1) is 0 Å². The van der Waals surface area contributed by atoms with Crippen molar-refractivity contribution in [2.24, 2.45) is 11.3 Å². The average molecular weight is 400 g/mol. The van der Waals surface area contributed by atoms with Crippen LogP contribution in [0.4, 0.5) is 5.69 Å². The molecule has 1 amide bonds. The van der Waals surface area contributed by atoms with Gasteiger partial charge in [-0.1, -0.05) is 62.4 Å². The molecule has 4 rings (SSSR count). The molecule has 0 bridgehead atoms. The van der Waals surface area contributed by atoms with Crippen LogP contribution in [-0.2, 0) is 9.59 Å². The number of nitrogens with zero attached hydrogens (tertiary/aromatic N) is 1. The maximum atomic E-state index is 13.3. The Bertz CT molecular complexity index is 1060. The molecule has 0 N–H and O–H groups in total. The van der Waals surface area contributed by atoms with Gasteiger partial charge in [0.25, 0.3) is 0 Å². The number of Topliss-reactive ketones (excluding diaryl/α,β-unsaturated/α-hetero) is 1. The molecule has 3 heteroatoms. The van der Waals surface area contributed by atoms with Crippen LogP contribution < -0.4 is 4.90 Å². The van der Waals surface area contributed by atoms with Gasteiger partial charge in [0, 0.05) is 35.7 Å². The van der Waals surface area contributed by atoms with Crippen LogP contribution in [-0.4, -0.2) is 11.7 Å². The lowest BCUT2D eigenvalue weighted by Crippen LogP contribution is -2.44. The lowest BCUT2D eigenvalue weighted by Gasteiger charge is -2.42. The molecule has 1 aliphatic heterocycles. The van der Waals surface area contributed by atoms with Crippen LogP contribution in [0.2, 0.25) is 0 Å². The van der Waals surface area contributed by atoms with Crippen molar-refractivity contribution in [1.29, 1.82) is 0 Å². The summed E-state index contributed by atoms with van der Waals surface area (Å²) in [6, 6.07) is 16.1. The van der Waals surface area contributed by atoms with Gasteiger partial charge in [-0.05, 0) is 54.5 Å². The molecule has 0 saturated carbocycles. The molecule has 2 aromatic rings. The van der Waals surface area contributed by atoms with E-state index < -0.39 is 0 Å². The topological polar surface area (TPSA) is 37.4 Å². The quantitative estimate of drug-likeness (QED) is 0.633. The van der Waals surface area contributed by atoms with Crippen molar-refractivity contribution in [3.63, 3.8) is 0 Å². The Labute approximate surface area is 179 Å². The number of ketones is 1. The number of carbonyl (C=O) groups excluding carboxylic acids is 2. The summed E-state index contributed by atoms with van der Waals surface area (Å²) in [6.45, 7) is 8.35. The number of hydrogen-bond donors (Lipinski definition) is 0. The molecule has 1 unspecified atom stereocenters. The fourth-order valence-electron chi connectivity index (χ4n) is 4.57. The number of allylic oxidation sites excluding steroid dienone is 3. The van der Waals surface area contributed by atoms with Gasteiger partial charge in [0.2, 0.25) is 5.91 Å². The standard InChI is InChI=1S/C27H29NO2/c1-18-10-13-22(14-19(18)2)28-23-16-27(3,4)17-24(29)26(23)21(15-25(28)30)12-11-20-8-6-5-7-9-20/h5-14,21H,15-17H2,1-4H3/b12-11+. The van der Waals surface area contributed by atoms with E-state index in [1.165, 1.54) is 5.56 Å². The van der Waals surface area contributed by atoms with Crippen LogP contribution in [0.1, 0.15) is 49.8 Å². The minimum Gasteiger partial charge on any atom is -0.294 e. The predicted octanol–water partition coefficient (Wildman–Crippen LogP) is 6.01. The summed E-state index contributed by atoms with van der Waals surface area (Å²) in [7, 11) is 0. The van der Waals surface area contributed by atoms with Gasteiger partial charge in [-0.2, -0.15) is 0 Å². The Morgan fingerprint density at radius 2 is 1.70 bits per heavy atom. The summed E-state index contributed by atoms with van der Waals surface area (Å²) < 4.78 is 0. The second-order valence-electron chi connectivity index (χ2n) is 9.38. The van der Waals surface area contributed by atoms with E-state index in [0.29, 0.717) is 12.8 Å². The van der Waals surface area contributed by atoms with Crippen LogP contribution in [0.15, 0.2) is 65.9 Å². The van der Waals surface area contributed by atoms with Crippen molar-refractivity contribution in [2.45, 2.75) is 47.0 Å². The zero-order valence-electron chi connectivity index (χ0n) is 18.2. The van der Waals surface area contributed by atoms with Gasteiger partial charge in [-0.15, -0.1) is 0 Å². The fourth-order valence-corrected chi connectivity index (χ4v) is 4.57. The van der Waals surface area contributed by atoms with Gasteiger partial charge in [-0.3, -0.25) is 14.5 Å². The average Bonchev–Trinajstić information content (AvgIpc) is 2.68. The van der Waals surface area contributed by atoms with E-state index in [1.54, 1.807) is 0 Å². The molecule has 1 aliphatic carbocycles. The van der Waals surface area contributed by atoms with Crippen molar-refractivity contribution >= 4 is 23.5 Å².